The summed E-state index contributed by atoms with van der Waals surface area (Å²) in [5, 5.41) is 12.9. The van der Waals surface area contributed by atoms with Gasteiger partial charge in [-0.2, -0.15) is 0 Å². The molecule has 0 bridgehead atoms. The van der Waals surface area contributed by atoms with E-state index in [4.69, 9.17) is 4.74 Å². The van der Waals surface area contributed by atoms with Crippen molar-refractivity contribution in [3.63, 3.8) is 0 Å². The van der Waals surface area contributed by atoms with Gasteiger partial charge in [0.15, 0.2) is 17.3 Å². The van der Waals surface area contributed by atoms with Crippen LogP contribution in [0.1, 0.15) is 41.5 Å². The number of benzene rings is 2. The SMILES string of the molecule is COc1c(N2C[C@@H](C)N[C@@H](C)C2)c(F)cc2c(=O)c(C(=O)O)cn(-c3ccc(C(C)=O)cc3)c12. The second kappa shape index (κ2) is 8.90. The van der Waals surface area contributed by atoms with Gasteiger partial charge in [-0.1, -0.05) is 0 Å². The monoisotopic (exact) mass is 467 g/mol. The fourth-order valence-electron chi connectivity index (χ4n) is 4.63. The summed E-state index contributed by atoms with van der Waals surface area (Å²) >= 11 is 0. The Labute approximate surface area is 195 Å². The molecule has 2 heterocycles. The van der Waals surface area contributed by atoms with Crippen LogP contribution in [-0.4, -0.2) is 53.7 Å². The summed E-state index contributed by atoms with van der Waals surface area (Å²) in [5.41, 5.74) is 0.146. The highest BCUT2D eigenvalue weighted by atomic mass is 19.1. The third-order valence-electron chi connectivity index (χ3n) is 6.03. The molecule has 1 aliphatic heterocycles. The molecule has 0 aliphatic carbocycles. The van der Waals surface area contributed by atoms with E-state index >= 15 is 4.39 Å². The fraction of sp³-hybridized carbons (Fsp3) is 0.320. The minimum Gasteiger partial charge on any atom is -0.492 e. The van der Waals surface area contributed by atoms with Gasteiger partial charge in [-0.15, -0.1) is 0 Å². The lowest BCUT2D eigenvalue weighted by Crippen LogP contribution is -2.54. The maximum Gasteiger partial charge on any atom is 0.341 e. The van der Waals surface area contributed by atoms with Crippen LogP contribution in [0.2, 0.25) is 0 Å². The minimum absolute atomic E-state index is 0.0965. The summed E-state index contributed by atoms with van der Waals surface area (Å²) < 4.78 is 22.7. The van der Waals surface area contributed by atoms with E-state index in [1.54, 1.807) is 24.3 Å². The van der Waals surface area contributed by atoms with Crippen LogP contribution in [0.4, 0.5) is 10.1 Å². The van der Waals surface area contributed by atoms with E-state index < -0.39 is 22.8 Å². The number of nitrogens with zero attached hydrogens (tertiary/aromatic N) is 2. The molecule has 1 fully saturated rings. The number of carbonyl (C=O) groups excluding carboxylic acids is 1. The lowest BCUT2D eigenvalue weighted by molar-refractivity contribution is 0.0694. The number of aromatic nitrogens is 1. The molecule has 4 rings (SSSR count). The number of rotatable bonds is 5. The van der Waals surface area contributed by atoms with Crippen molar-refractivity contribution in [2.24, 2.45) is 0 Å². The van der Waals surface area contributed by atoms with Gasteiger partial charge in [0, 0.05) is 42.6 Å². The molecular formula is C25H26FN3O5. The molecular weight excluding hydrogens is 441 g/mol. The summed E-state index contributed by atoms with van der Waals surface area (Å²) in [5.74, 6) is -2.06. The molecule has 9 heteroatoms. The number of carboxylic acid groups (broad SMARTS) is 1. The zero-order valence-corrected chi connectivity index (χ0v) is 19.4. The van der Waals surface area contributed by atoms with Crippen LogP contribution in [0, 0.1) is 5.82 Å². The van der Waals surface area contributed by atoms with Crippen molar-refractivity contribution < 1.29 is 23.8 Å². The normalized spacial score (nSPS) is 18.2. The number of halogens is 1. The summed E-state index contributed by atoms with van der Waals surface area (Å²) in [6, 6.07) is 7.78. The molecule has 0 spiro atoms. The van der Waals surface area contributed by atoms with Crippen molar-refractivity contribution in [3.8, 4) is 11.4 Å². The predicted molar refractivity (Wildman–Crippen MR) is 127 cm³/mol. The first-order valence-corrected chi connectivity index (χ1v) is 10.9. The molecule has 0 amide bonds. The van der Waals surface area contributed by atoms with E-state index in [1.807, 2.05) is 18.7 Å². The molecule has 2 aromatic carbocycles. The van der Waals surface area contributed by atoms with Gasteiger partial charge in [0.2, 0.25) is 5.43 Å². The van der Waals surface area contributed by atoms with E-state index in [0.29, 0.717) is 24.3 Å². The number of hydrogen-bond donors (Lipinski definition) is 2. The zero-order valence-electron chi connectivity index (χ0n) is 19.4. The molecule has 1 saturated heterocycles. The second-order valence-corrected chi connectivity index (χ2v) is 8.66. The van der Waals surface area contributed by atoms with Gasteiger partial charge in [0.25, 0.3) is 0 Å². The van der Waals surface area contributed by atoms with Gasteiger partial charge in [0.05, 0.1) is 12.5 Å². The van der Waals surface area contributed by atoms with E-state index in [2.05, 4.69) is 5.32 Å². The van der Waals surface area contributed by atoms with Gasteiger partial charge in [-0.25, -0.2) is 9.18 Å². The van der Waals surface area contributed by atoms with Crippen LogP contribution < -0.4 is 20.4 Å². The Bertz CT molecular complexity index is 1340. The molecule has 1 aliphatic rings. The maximum absolute atomic E-state index is 15.5. The average molecular weight is 467 g/mol. The van der Waals surface area contributed by atoms with E-state index in [-0.39, 0.29) is 40.2 Å². The van der Waals surface area contributed by atoms with Crippen LogP contribution in [-0.2, 0) is 0 Å². The van der Waals surface area contributed by atoms with Crippen molar-refractivity contribution in [1.29, 1.82) is 0 Å². The Kier molecular flexibility index (Phi) is 6.14. The summed E-state index contributed by atoms with van der Waals surface area (Å²) in [7, 11) is 1.39. The summed E-state index contributed by atoms with van der Waals surface area (Å²) in [6.45, 7) is 6.49. The molecule has 2 atom stereocenters. The second-order valence-electron chi connectivity index (χ2n) is 8.66. The molecule has 178 valence electrons. The molecule has 2 N–H and O–H groups in total. The van der Waals surface area contributed by atoms with E-state index in [1.165, 1.54) is 24.8 Å². The van der Waals surface area contributed by atoms with Crippen molar-refractivity contribution in [1.82, 2.24) is 9.88 Å². The predicted octanol–water partition coefficient (Wildman–Crippen LogP) is 3.23. The largest absolute Gasteiger partial charge is 0.492 e. The number of ether oxygens (including phenoxy) is 1. The van der Waals surface area contributed by atoms with E-state index in [0.717, 1.165) is 6.07 Å². The highest BCUT2D eigenvalue weighted by molar-refractivity contribution is 5.98. The third-order valence-corrected chi connectivity index (χ3v) is 6.03. The van der Waals surface area contributed by atoms with Crippen LogP contribution in [0.3, 0.4) is 0 Å². The van der Waals surface area contributed by atoms with Gasteiger partial charge in [-0.05, 0) is 51.1 Å². The number of Topliss-reactive ketones (excluding diaryl/α,β-unsaturated/α-hetero) is 1. The number of anilines is 1. The smallest absolute Gasteiger partial charge is 0.341 e. The lowest BCUT2D eigenvalue weighted by Gasteiger charge is -2.38. The molecule has 1 aromatic heterocycles. The first-order chi connectivity index (χ1) is 16.1. The number of aromatic carboxylic acids is 1. The third kappa shape index (κ3) is 4.03. The topological polar surface area (TPSA) is 101 Å². The van der Waals surface area contributed by atoms with Gasteiger partial charge >= 0.3 is 5.97 Å². The van der Waals surface area contributed by atoms with Crippen molar-refractivity contribution >= 4 is 28.3 Å². The average Bonchev–Trinajstić information content (AvgIpc) is 2.78. The Morgan fingerprint density at radius 3 is 2.29 bits per heavy atom. The Morgan fingerprint density at radius 2 is 1.76 bits per heavy atom. The van der Waals surface area contributed by atoms with Gasteiger partial charge in [-0.3, -0.25) is 9.59 Å². The number of ketones is 1. The van der Waals surface area contributed by atoms with Crippen LogP contribution in [0.15, 0.2) is 41.3 Å². The van der Waals surface area contributed by atoms with Crippen molar-refractivity contribution in [2.75, 3.05) is 25.1 Å². The van der Waals surface area contributed by atoms with Crippen LogP contribution in [0.25, 0.3) is 16.6 Å². The van der Waals surface area contributed by atoms with Crippen molar-refractivity contribution in [2.45, 2.75) is 32.9 Å². The van der Waals surface area contributed by atoms with Crippen LogP contribution >= 0.6 is 0 Å². The Balaban J connectivity index is 2.07. The Hall–Kier alpha value is -3.72. The number of pyridine rings is 1. The van der Waals surface area contributed by atoms with Gasteiger partial charge in [0.1, 0.15) is 16.8 Å². The maximum atomic E-state index is 15.5. The molecule has 0 unspecified atom stereocenters. The quantitative estimate of drug-likeness (QED) is 0.556. The highest BCUT2D eigenvalue weighted by Crippen LogP contribution is 2.39. The first-order valence-electron chi connectivity index (χ1n) is 10.9. The van der Waals surface area contributed by atoms with E-state index in [9.17, 15) is 19.5 Å². The van der Waals surface area contributed by atoms with Gasteiger partial charge < -0.3 is 24.6 Å². The number of nitrogens with one attached hydrogen (secondary N) is 1. The standard InChI is InChI=1S/C25H26FN3O5/c1-13-10-28(11-14(2)27-13)22-20(26)9-18-21(24(22)34-4)29(12-19(23(18)31)25(32)33)17-7-5-16(6-8-17)15(3)30/h5-9,12-14,27H,10-11H2,1-4H3,(H,32,33)/t13-,14+. The molecule has 8 nitrogen and oxygen atoms in total. The molecule has 3 aromatic rings. The Morgan fingerprint density at radius 1 is 1.15 bits per heavy atom. The number of fused-ring (bicyclic) bond motifs is 1. The lowest BCUT2D eigenvalue weighted by atomic mass is 10.0. The molecule has 0 saturated carbocycles. The van der Waals surface area contributed by atoms with Crippen molar-refractivity contribution in [3.05, 3.63) is 63.7 Å². The fourth-order valence-corrected chi connectivity index (χ4v) is 4.63. The number of piperazine rings is 1. The number of methoxy groups -OCH3 is 1. The molecule has 34 heavy (non-hydrogen) atoms. The minimum atomic E-state index is -1.42. The highest BCUT2D eigenvalue weighted by Gasteiger charge is 2.29. The zero-order chi connectivity index (χ0) is 24.7. The summed E-state index contributed by atoms with van der Waals surface area (Å²) in [4.78, 5) is 38.4. The first kappa shape index (κ1) is 23.4. The summed E-state index contributed by atoms with van der Waals surface area (Å²) in [6.07, 6.45) is 1.21. The number of carbonyl (C=O) groups is 2. The molecule has 0 radical (unpaired) electrons. The van der Waals surface area contributed by atoms with Crippen LogP contribution in [0.5, 0.6) is 5.75 Å². The number of carboxylic acids is 1. The number of hydrogen-bond acceptors (Lipinski definition) is 6.